The fourth-order valence-electron chi connectivity index (χ4n) is 4.45. The molecule has 1 heterocycles. The molecule has 0 aliphatic carbocycles. The number of ether oxygens (including phenoxy) is 2. The number of benzene rings is 3. The predicted molar refractivity (Wildman–Crippen MR) is 152 cm³/mol. The molecule has 2 amide bonds. The molecule has 1 aliphatic heterocycles. The van der Waals surface area contributed by atoms with Crippen molar-refractivity contribution in [1.29, 1.82) is 0 Å². The first-order valence-corrected chi connectivity index (χ1v) is 15.2. The molecule has 4 rings (SSSR count). The third-order valence-electron chi connectivity index (χ3n) is 6.47. The minimum absolute atomic E-state index is 0.104. The first-order chi connectivity index (χ1) is 18.8. The molecule has 10 heteroatoms. The summed E-state index contributed by atoms with van der Waals surface area (Å²) in [6, 6.07) is 23.4. The van der Waals surface area contributed by atoms with Crippen molar-refractivity contribution in [3.05, 3.63) is 100 Å². The van der Waals surface area contributed by atoms with Crippen molar-refractivity contribution in [3.63, 3.8) is 0 Å². The molecule has 1 atom stereocenters. The zero-order valence-corrected chi connectivity index (χ0v) is 23.8. The summed E-state index contributed by atoms with van der Waals surface area (Å²) in [6.07, 6.45) is 2.13. The number of carbonyl (C=O) groups excluding carboxylic acids is 2. The van der Waals surface area contributed by atoms with Crippen molar-refractivity contribution in [3.8, 4) is 5.75 Å². The van der Waals surface area contributed by atoms with Gasteiger partial charge in [-0.1, -0.05) is 66.7 Å². The summed E-state index contributed by atoms with van der Waals surface area (Å²) in [6.45, 7) is 0.873. The van der Waals surface area contributed by atoms with Gasteiger partial charge in [0.15, 0.2) is 0 Å². The van der Waals surface area contributed by atoms with Crippen LogP contribution in [0.4, 0.5) is 4.79 Å². The van der Waals surface area contributed by atoms with E-state index in [-0.39, 0.29) is 42.7 Å². The third-order valence-corrected chi connectivity index (χ3v) is 8.37. The Kier molecular flexibility index (Phi) is 10.00. The molecular formula is C29H31BrN2O6S. The van der Waals surface area contributed by atoms with Gasteiger partial charge in [-0.3, -0.25) is 4.79 Å². The lowest BCUT2D eigenvalue weighted by Gasteiger charge is -2.34. The van der Waals surface area contributed by atoms with Crippen LogP contribution in [-0.4, -0.2) is 43.7 Å². The second kappa shape index (κ2) is 13.6. The normalized spacial score (nSPS) is 15.4. The highest BCUT2D eigenvalue weighted by atomic mass is 79.9. The molecule has 0 aromatic heterocycles. The van der Waals surface area contributed by atoms with Gasteiger partial charge < -0.3 is 14.4 Å². The van der Waals surface area contributed by atoms with Crippen LogP contribution in [0.1, 0.15) is 47.2 Å². The summed E-state index contributed by atoms with van der Waals surface area (Å²) in [5.74, 6) is -0.823. The molecule has 0 radical (unpaired) electrons. The number of sulfonamides is 1. The fraction of sp³-hybridized carbons (Fsp3) is 0.310. The van der Waals surface area contributed by atoms with E-state index in [1.807, 2.05) is 60.7 Å². The molecule has 3 aromatic carbocycles. The van der Waals surface area contributed by atoms with Gasteiger partial charge in [0.25, 0.3) is 5.91 Å². The van der Waals surface area contributed by atoms with Gasteiger partial charge in [0, 0.05) is 12.6 Å². The van der Waals surface area contributed by atoms with Crippen molar-refractivity contribution in [2.45, 2.75) is 44.9 Å². The largest absolute Gasteiger partial charge is 0.487 e. The van der Waals surface area contributed by atoms with Crippen LogP contribution in [0.5, 0.6) is 5.75 Å². The molecular weight excluding hydrogens is 584 g/mol. The number of hydrogen-bond donors (Lipinski definition) is 1. The zero-order valence-electron chi connectivity index (χ0n) is 21.4. The lowest BCUT2D eigenvalue weighted by atomic mass is 10.0. The number of halogens is 1. The molecule has 1 N–H and O–H groups in total. The van der Waals surface area contributed by atoms with Crippen LogP contribution in [0.25, 0.3) is 0 Å². The number of amides is 2. The van der Waals surface area contributed by atoms with Gasteiger partial charge >= 0.3 is 6.09 Å². The topological polar surface area (TPSA) is 102 Å². The highest BCUT2D eigenvalue weighted by Crippen LogP contribution is 2.30. The Morgan fingerprint density at radius 1 is 0.897 bits per heavy atom. The smallest absolute Gasteiger partial charge is 0.410 e. The van der Waals surface area contributed by atoms with E-state index in [4.69, 9.17) is 9.47 Å². The van der Waals surface area contributed by atoms with E-state index in [0.717, 1.165) is 24.0 Å². The van der Waals surface area contributed by atoms with Crippen molar-refractivity contribution >= 4 is 38.0 Å². The van der Waals surface area contributed by atoms with Gasteiger partial charge in [-0.25, -0.2) is 17.9 Å². The van der Waals surface area contributed by atoms with Gasteiger partial charge in [-0.05, 0) is 64.9 Å². The van der Waals surface area contributed by atoms with E-state index >= 15 is 0 Å². The van der Waals surface area contributed by atoms with Crippen molar-refractivity contribution in [2.75, 3.05) is 12.3 Å². The molecule has 206 valence electrons. The molecule has 0 bridgehead atoms. The second-order valence-electron chi connectivity index (χ2n) is 9.31. The van der Waals surface area contributed by atoms with Gasteiger partial charge in [0.1, 0.15) is 19.0 Å². The molecule has 8 nitrogen and oxygen atoms in total. The van der Waals surface area contributed by atoms with Crippen LogP contribution < -0.4 is 9.46 Å². The summed E-state index contributed by atoms with van der Waals surface area (Å²) in [5, 5.41) is 0. The van der Waals surface area contributed by atoms with Crippen LogP contribution in [0, 0.1) is 0 Å². The number of hydrogen-bond acceptors (Lipinski definition) is 6. The number of nitrogens with zero attached hydrogens (tertiary/aromatic N) is 1. The highest BCUT2D eigenvalue weighted by molar-refractivity contribution is 9.10. The molecule has 1 unspecified atom stereocenters. The van der Waals surface area contributed by atoms with Crippen LogP contribution in [0.3, 0.4) is 0 Å². The first-order valence-electron chi connectivity index (χ1n) is 12.8. The van der Waals surface area contributed by atoms with Crippen LogP contribution >= 0.6 is 15.9 Å². The Bertz CT molecular complexity index is 1370. The summed E-state index contributed by atoms with van der Waals surface area (Å²) >= 11 is 3.40. The molecule has 1 fully saturated rings. The second-order valence-corrected chi connectivity index (χ2v) is 12.0. The molecule has 1 saturated heterocycles. The summed E-state index contributed by atoms with van der Waals surface area (Å²) < 4.78 is 39.9. The Morgan fingerprint density at radius 2 is 1.56 bits per heavy atom. The number of piperidine rings is 1. The maximum atomic E-state index is 13.0. The molecule has 0 spiro atoms. The van der Waals surface area contributed by atoms with E-state index in [1.54, 1.807) is 17.0 Å². The van der Waals surface area contributed by atoms with E-state index < -0.39 is 22.0 Å². The minimum Gasteiger partial charge on any atom is -0.487 e. The maximum Gasteiger partial charge on any atom is 0.410 e. The predicted octanol–water partition coefficient (Wildman–Crippen LogP) is 5.67. The number of rotatable bonds is 10. The average molecular weight is 616 g/mol. The van der Waals surface area contributed by atoms with Gasteiger partial charge in [-0.2, -0.15) is 0 Å². The van der Waals surface area contributed by atoms with Crippen molar-refractivity contribution < 1.29 is 27.5 Å². The molecule has 39 heavy (non-hydrogen) atoms. The van der Waals surface area contributed by atoms with Crippen LogP contribution in [-0.2, 0) is 28.0 Å². The lowest BCUT2D eigenvalue weighted by molar-refractivity contribution is 0.0672. The number of likely N-dealkylation sites (tertiary alicyclic amines) is 1. The fourth-order valence-corrected chi connectivity index (χ4v) is 6.00. The quantitative estimate of drug-likeness (QED) is 0.316. The first kappa shape index (κ1) is 28.6. The van der Waals surface area contributed by atoms with Crippen LogP contribution in [0.15, 0.2) is 83.3 Å². The van der Waals surface area contributed by atoms with Crippen molar-refractivity contribution in [2.24, 2.45) is 0 Å². The zero-order chi connectivity index (χ0) is 27.7. The monoisotopic (exact) mass is 614 g/mol. The van der Waals surface area contributed by atoms with E-state index in [0.29, 0.717) is 17.4 Å². The average Bonchev–Trinajstić information content (AvgIpc) is 2.95. The van der Waals surface area contributed by atoms with E-state index in [1.165, 1.54) is 6.07 Å². The number of nitrogens with one attached hydrogen (secondary N) is 1. The Balaban J connectivity index is 1.35. The highest BCUT2D eigenvalue weighted by Gasteiger charge is 2.30. The summed E-state index contributed by atoms with van der Waals surface area (Å²) in [4.78, 5) is 27.4. The van der Waals surface area contributed by atoms with E-state index in [9.17, 15) is 18.0 Å². The number of carbonyl (C=O) groups is 2. The Hall–Kier alpha value is -3.37. The maximum absolute atomic E-state index is 13.0. The summed E-state index contributed by atoms with van der Waals surface area (Å²) in [7, 11) is -3.98. The SMILES string of the molecule is O=C(NS(=O)(=O)CCC1CCCCN1C(=O)OCc1ccccc1)c1cccc(Br)c1OCc1ccccc1. The Morgan fingerprint density at radius 3 is 2.26 bits per heavy atom. The number of para-hydroxylation sites is 1. The van der Waals surface area contributed by atoms with Crippen LogP contribution in [0.2, 0.25) is 0 Å². The molecule has 0 saturated carbocycles. The van der Waals surface area contributed by atoms with Gasteiger partial charge in [0.2, 0.25) is 10.0 Å². The molecule has 3 aromatic rings. The summed E-state index contributed by atoms with van der Waals surface area (Å²) in [5.41, 5.74) is 1.89. The molecule has 1 aliphatic rings. The van der Waals surface area contributed by atoms with Crippen molar-refractivity contribution in [1.82, 2.24) is 9.62 Å². The van der Waals surface area contributed by atoms with Gasteiger partial charge in [-0.15, -0.1) is 0 Å². The standard InChI is InChI=1S/C29H31BrN2O6S/c30-26-16-9-15-25(27(26)37-20-22-10-3-1-4-11-22)28(33)31-39(35,36)19-17-24-14-7-8-18-32(24)29(34)38-21-23-12-5-2-6-13-23/h1-6,9-13,15-16,24H,7-8,14,17-21H2,(H,31,33). The third kappa shape index (κ3) is 8.31. The van der Waals surface area contributed by atoms with Gasteiger partial charge in [0.05, 0.1) is 15.8 Å². The Labute approximate surface area is 237 Å². The minimum atomic E-state index is -3.98. The van der Waals surface area contributed by atoms with E-state index in [2.05, 4.69) is 20.7 Å². The lowest BCUT2D eigenvalue weighted by Crippen LogP contribution is -2.45.